The predicted molar refractivity (Wildman–Crippen MR) is 120 cm³/mol. The maximum atomic E-state index is 12.8. The second-order valence-corrected chi connectivity index (χ2v) is 11.0. The minimum Gasteiger partial charge on any atom is -0.454 e. The van der Waals surface area contributed by atoms with Gasteiger partial charge in [0, 0.05) is 38.9 Å². The first-order valence-corrected chi connectivity index (χ1v) is 12.6. The third kappa shape index (κ3) is 5.17. The normalized spacial score (nSPS) is 17.8. The van der Waals surface area contributed by atoms with Gasteiger partial charge in [0.15, 0.2) is 11.5 Å². The summed E-state index contributed by atoms with van der Waals surface area (Å²) in [6, 6.07) is 8.76. The van der Waals surface area contributed by atoms with Crippen LogP contribution in [0, 0.1) is 0 Å². The van der Waals surface area contributed by atoms with E-state index in [9.17, 15) is 13.2 Å². The Morgan fingerprint density at radius 3 is 2.62 bits per heavy atom. The molecule has 172 valence electrons. The van der Waals surface area contributed by atoms with E-state index in [1.807, 2.05) is 25.2 Å². The van der Waals surface area contributed by atoms with Crippen molar-refractivity contribution >= 4 is 27.7 Å². The lowest BCUT2D eigenvalue weighted by molar-refractivity contribution is -0.120. The topological polar surface area (TPSA) is 101 Å². The van der Waals surface area contributed by atoms with Crippen molar-refractivity contribution in [3.05, 3.63) is 42.1 Å². The van der Waals surface area contributed by atoms with Crippen molar-refractivity contribution in [1.29, 1.82) is 0 Å². The van der Waals surface area contributed by atoms with Gasteiger partial charge >= 0.3 is 0 Å². The van der Waals surface area contributed by atoms with Crippen LogP contribution in [0.15, 0.2) is 46.5 Å². The fraction of sp³-hybridized carbons (Fsp3) is 0.429. The zero-order valence-electron chi connectivity index (χ0n) is 18.0. The Hall–Kier alpha value is -2.34. The zero-order valence-corrected chi connectivity index (χ0v) is 19.6. The molecule has 0 aliphatic carbocycles. The van der Waals surface area contributed by atoms with E-state index in [1.165, 1.54) is 22.3 Å². The number of thioether (sulfide) groups is 1. The van der Waals surface area contributed by atoms with Crippen LogP contribution in [0.5, 0.6) is 11.5 Å². The molecule has 1 amide bonds. The number of benzene rings is 1. The SMILES string of the molecule is C[C@@H](Sc1ccc(S(=O)(=O)N2CCN(C)CC2)cn1)C(=O)NCc1ccc2c(c1)OCO2. The van der Waals surface area contributed by atoms with Gasteiger partial charge in [-0.15, -0.1) is 0 Å². The average Bonchev–Trinajstić information content (AvgIpc) is 3.26. The van der Waals surface area contributed by atoms with E-state index in [1.54, 1.807) is 19.1 Å². The number of ether oxygens (including phenoxy) is 2. The molecule has 2 aliphatic rings. The van der Waals surface area contributed by atoms with Crippen molar-refractivity contribution < 1.29 is 22.7 Å². The van der Waals surface area contributed by atoms with Crippen LogP contribution in [-0.4, -0.2) is 73.8 Å². The molecule has 0 bridgehead atoms. The monoisotopic (exact) mass is 478 g/mol. The van der Waals surface area contributed by atoms with Crippen LogP contribution in [-0.2, 0) is 21.4 Å². The number of rotatable bonds is 7. The number of hydrogen-bond acceptors (Lipinski definition) is 8. The summed E-state index contributed by atoms with van der Waals surface area (Å²) in [5.74, 6) is 1.24. The Labute approximate surface area is 192 Å². The second kappa shape index (κ2) is 9.65. The minimum absolute atomic E-state index is 0.136. The number of amides is 1. The smallest absolute Gasteiger partial charge is 0.244 e. The van der Waals surface area contributed by atoms with Gasteiger partial charge in [0.2, 0.25) is 22.7 Å². The molecule has 0 unspecified atom stereocenters. The molecule has 1 atom stereocenters. The maximum Gasteiger partial charge on any atom is 0.244 e. The van der Waals surface area contributed by atoms with E-state index in [4.69, 9.17) is 9.47 Å². The van der Waals surface area contributed by atoms with E-state index in [2.05, 4.69) is 15.2 Å². The van der Waals surface area contributed by atoms with Crippen molar-refractivity contribution in [2.45, 2.75) is 28.6 Å². The third-order valence-electron chi connectivity index (χ3n) is 5.38. The molecule has 9 nitrogen and oxygen atoms in total. The van der Waals surface area contributed by atoms with E-state index < -0.39 is 15.3 Å². The Balaban J connectivity index is 1.31. The molecule has 2 aromatic rings. The number of piperazine rings is 1. The van der Waals surface area contributed by atoms with Crippen LogP contribution in [0.2, 0.25) is 0 Å². The molecule has 1 N–H and O–H groups in total. The summed E-state index contributed by atoms with van der Waals surface area (Å²) >= 11 is 1.28. The number of fused-ring (bicyclic) bond motifs is 1. The molecule has 1 fully saturated rings. The van der Waals surface area contributed by atoms with Crippen LogP contribution in [0.3, 0.4) is 0 Å². The molecule has 0 saturated carbocycles. The molecule has 0 radical (unpaired) electrons. The molecule has 1 aromatic carbocycles. The molecule has 1 aromatic heterocycles. The molecule has 2 aliphatic heterocycles. The third-order valence-corrected chi connectivity index (χ3v) is 8.31. The first-order valence-electron chi connectivity index (χ1n) is 10.3. The predicted octanol–water partition coefficient (Wildman–Crippen LogP) is 1.54. The van der Waals surface area contributed by atoms with E-state index in [0.717, 1.165) is 5.56 Å². The van der Waals surface area contributed by atoms with Gasteiger partial charge in [-0.1, -0.05) is 17.8 Å². The number of carbonyl (C=O) groups is 1. The Morgan fingerprint density at radius 2 is 1.91 bits per heavy atom. The molecule has 11 heteroatoms. The summed E-state index contributed by atoms with van der Waals surface area (Å²) in [6.07, 6.45) is 1.37. The summed E-state index contributed by atoms with van der Waals surface area (Å²) in [5.41, 5.74) is 0.913. The van der Waals surface area contributed by atoms with Crippen molar-refractivity contribution in [2.75, 3.05) is 40.0 Å². The Kier molecular flexibility index (Phi) is 6.89. The first kappa shape index (κ1) is 22.8. The summed E-state index contributed by atoms with van der Waals surface area (Å²) < 4.78 is 37.7. The number of carbonyl (C=O) groups excluding carboxylic acids is 1. The number of aromatic nitrogens is 1. The van der Waals surface area contributed by atoms with Gasteiger partial charge in [0.05, 0.1) is 10.3 Å². The lowest BCUT2D eigenvalue weighted by Gasteiger charge is -2.31. The number of sulfonamides is 1. The average molecular weight is 479 g/mol. The molecule has 4 rings (SSSR count). The van der Waals surface area contributed by atoms with Crippen LogP contribution < -0.4 is 14.8 Å². The highest BCUT2D eigenvalue weighted by Crippen LogP contribution is 2.32. The van der Waals surface area contributed by atoms with E-state index in [0.29, 0.717) is 49.2 Å². The summed E-state index contributed by atoms with van der Waals surface area (Å²) in [5, 5.41) is 3.10. The molecular formula is C21H26N4O5S2. The Bertz CT molecular complexity index is 1070. The number of likely N-dealkylation sites (N-methyl/N-ethyl adjacent to an activating group) is 1. The lowest BCUT2D eigenvalue weighted by Crippen LogP contribution is -2.47. The van der Waals surface area contributed by atoms with Crippen molar-refractivity contribution in [3.8, 4) is 11.5 Å². The molecular weight excluding hydrogens is 452 g/mol. The summed E-state index contributed by atoms with van der Waals surface area (Å²) in [4.78, 5) is 19.0. The summed E-state index contributed by atoms with van der Waals surface area (Å²) in [6.45, 7) is 4.72. The van der Waals surface area contributed by atoms with Gasteiger partial charge in [0.25, 0.3) is 0 Å². The standard InChI is InChI=1S/C21H26N4O5S2/c1-15(21(26)23-12-16-3-5-18-19(11-16)30-14-29-18)31-20-6-4-17(13-22-20)32(27,28)25-9-7-24(2)8-10-25/h3-6,11,13,15H,7-10,12,14H2,1-2H3,(H,23,26)/t15-/m1/s1. The van der Waals surface area contributed by atoms with Crippen LogP contribution in [0.4, 0.5) is 0 Å². The van der Waals surface area contributed by atoms with Gasteiger partial charge in [-0.25, -0.2) is 13.4 Å². The highest BCUT2D eigenvalue weighted by atomic mass is 32.2. The fourth-order valence-electron chi connectivity index (χ4n) is 3.39. The van der Waals surface area contributed by atoms with Crippen molar-refractivity contribution in [2.24, 2.45) is 0 Å². The number of nitrogens with zero attached hydrogens (tertiary/aromatic N) is 3. The maximum absolute atomic E-state index is 12.8. The molecule has 3 heterocycles. The number of nitrogens with one attached hydrogen (secondary N) is 1. The van der Waals surface area contributed by atoms with E-state index in [-0.39, 0.29) is 17.6 Å². The number of hydrogen-bond donors (Lipinski definition) is 1. The fourth-order valence-corrected chi connectivity index (χ4v) is 5.57. The van der Waals surface area contributed by atoms with Crippen LogP contribution in [0.1, 0.15) is 12.5 Å². The zero-order chi connectivity index (χ0) is 22.7. The van der Waals surface area contributed by atoms with Gasteiger partial charge in [-0.05, 0) is 43.8 Å². The van der Waals surface area contributed by atoms with Gasteiger partial charge in [0.1, 0.15) is 4.90 Å². The molecule has 0 spiro atoms. The quantitative estimate of drug-likeness (QED) is 0.598. The first-order chi connectivity index (χ1) is 15.3. The van der Waals surface area contributed by atoms with Gasteiger partial charge in [-0.2, -0.15) is 4.31 Å². The highest BCUT2D eigenvalue weighted by molar-refractivity contribution is 8.00. The highest BCUT2D eigenvalue weighted by Gasteiger charge is 2.28. The van der Waals surface area contributed by atoms with Gasteiger partial charge < -0.3 is 19.7 Å². The molecule has 32 heavy (non-hydrogen) atoms. The van der Waals surface area contributed by atoms with E-state index >= 15 is 0 Å². The van der Waals surface area contributed by atoms with Crippen molar-refractivity contribution in [1.82, 2.24) is 19.5 Å². The number of pyridine rings is 1. The van der Waals surface area contributed by atoms with Crippen LogP contribution >= 0.6 is 11.8 Å². The van der Waals surface area contributed by atoms with Gasteiger partial charge in [-0.3, -0.25) is 4.79 Å². The van der Waals surface area contributed by atoms with Crippen LogP contribution in [0.25, 0.3) is 0 Å². The van der Waals surface area contributed by atoms with Crippen molar-refractivity contribution in [3.63, 3.8) is 0 Å². The molecule has 1 saturated heterocycles. The Morgan fingerprint density at radius 1 is 1.16 bits per heavy atom. The lowest BCUT2D eigenvalue weighted by atomic mass is 10.2. The largest absolute Gasteiger partial charge is 0.454 e. The minimum atomic E-state index is -3.55. The second-order valence-electron chi connectivity index (χ2n) is 7.70. The summed E-state index contributed by atoms with van der Waals surface area (Å²) in [7, 11) is -1.58.